The molecule has 78 valence electrons. The topological polar surface area (TPSA) is 37.0 Å². The molecule has 0 amide bonds. The maximum atomic E-state index is 4.20. The van der Waals surface area contributed by atoms with Crippen LogP contribution in [0.1, 0.15) is 17.9 Å². The van der Waals surface area contributed by atoms with Crippen molar-refractivity contribution in [3.8, 4) is 0 Å². The number of pyridine rings is 1. The lowest BCUT2D eigenvalue weighted by Gasteiger charge is -2.09. The fraction of sp³-hybridized carbons (Fsp3) is 0.500. The zero-order valence-corrected chi connectivity index (χ0v) is 9.10. The molecule has 1 atom stereocenters. The van der Waals surface area contributed by atoms with Crippen LogP contribution in [0.4, 0.5) is 5.82 Å². The van der Waals surface area contributed by atoms with Crippen LogP contribution in [0.3, 0.4) is 0 Å². The first-order valence-corrected chi connectivity index (χ1v) is 4.74. The summed E-state index contributed by atoms with van der Waals surface area (Å²) in [4.78, 5) is 4.20. The van der Waals surface area contributed by atoms with Crippen LogP contribution in [-0.2, 0) is 0 Å². The number of anilines is 1. The number of rotatable bonds is 2. The Hall–Kier alpha value is -0.800. The van der Waals surface area contributed by atoms with E-state index >= 15 is 0 Å². The molecule has 2 N–H and O–H groups in total. The molecule has 1 unspecified atom stereocenters. The fourth-order valence-corrected chi connectivity index (χ4v) is 1.78. The van der Waals surface area contributed by atoms with Crippen molar-refractivity contribution in [2.75, 3.05) is 25.5 Å². The first kappa shape index (κ1) is 11.3. The van der Waals surface area contributed by atoms with Gasteiger partial charge in [-0.15, -0.1) is 12.4 Å². The average molecular weight is 214 g/mol. The van der Waals surface area contributed by atoms with E-state index in [1.54, 1.807) is 0 Å². The van der Waals surface area contributed by atoms with Gasteiger partial charge in [-0.2, -0.15) is 0 Å². The molecule has 1 aromatic rings. The zero-order chi connectivity index (χ0) is 9.10. The number of halogens is 1. The lowest BCUT2D eigenvalue weighted by molar-refractivity contribution is 0.762. The van der Waals surface area contributed by atoms with Crippen molar-refractivity contribution in [1.29, 1.82) is 0 Å². The van der Waals surface area contributed by atoms with Gasteiger partial charge < -0.3 is 10.6 Å². The number of hydrogen-bond acceptors (Lipinski definition) is 3. The fourth-order valence-electron chi connectivity index (χ4n) is 1.78. The summed E-state index contributed by atoms with van der Waals surface area (Å²) in [5.41, 5.74) is 1.39. The molecule has 1 fully saturated rings. The largest absolute Gasteiger partial charge is 0.373 e. The van der Waals surface area contributed by atoms with Gasteiger partial charge in [0.2, 0.25) is 0 Å². The minimum Gasteiger partial charge on any atom is -0.373 e. The third-order valence-electron chi connectivity index (χ3n) is 2.57. The van der Waals surface area contributed by atoms with E-state index in [4.69, 9.17) is 0 Å². The van der Waals surface area contributed by atoms with Crippen molar-refractivity contribution in [3.63, 3.8) is 0 Å². The molecule has 1 aliphatic rings. The summed E-state index contributed by atoms with van der Waals surface area (Å²) in [6, 6.07) is 4.25. The van der Waals surface area contributed by atoms with Gasteiger partial charge in [-0.1, -0.05) is 0 Å². The highest BCUT2D eigenvalue weighted by Gasteiger charge is 2.16. The Morgan fingerprint density at radius 2 is 2.43 bits per heavy atom. The first-order chi connectivity index (χ1) is 6.40. The van der Waals surface area contributed by atoms with Crippen molar-refractivity contribution in [3.05, 3.63) is 23.9 Å². The molecule has 0 spiro atoms. The maximum Gasteiger partial charge on any atom is 0.125 e. The van der Waals surface area contributed by atoms with Crippen LogP contribution < -0.4 is 10.6 Å². The molecular formula is C10H16ClN3. The molecule has 1 saturated heterocycles. The molecule has 3 nitrogen and oxygen atoms in total. The van der Waals surface area contributed by atoms with Gasteiger partial charge in [-0.05, 0) is 36.6 Å². The molecule has 1 aromatic heterocycles. The van der Waals surface area contributed by atoms with Crippen LogP contribution >= 0.6 is 12.4 Å². The highest BCUT2D eigenvalue weighted by Crippen LogP contribution is 2.23. The van der Waals surface area contributed by atoms with Crippen molar-refractivity contribution in [1.82, 2.24) is 10.3 Å². The first-order valence-electron chi connectivity index (χ1n) is 4.74. The van der Waals surface area contributed by atoms with Gasteiger partial charge in [-0.3, -0.25) is 0 Å². The third kappa shape index (κ3) is 2.36. The normalized spacial score (nSPS) is 20.2. The molecule has 0 aliphatic carbocycles. The van der Waals surface area contributed by atoms with Gasteiger partial charge in [0.1, 0.15) is 5.82 Å². The van der Waals surface area contributed by atoms with E-state index in [-0.39, 0.29) is 12.4 Å². The quantitative estimate of drug-likeness (QED) is 0.784. The Morgan fingerprint density at radius 1 is 1.57 bits per heavy atom. The van der Waals surface area contributed by atoms with Gasteiger partial charge >= 0.3 is 0 Å². The second-order valence-corrected chi connectivity index (χ2v) is 3.41. The van der Waals surface area contributed by atoms with Crippen molar-refractivity contribution < 1.29 is 0 Å². The van der Waals surface area contributed by atoms with E-state index < -0.39 is 0 Å². The minimum atomic E-state index is 0. The van der Waals surface area contributed by atoms with Crippen LogP contribution in [-0.4, -0.2) is 25.1 Å². The SMILES string of the molecule is CNc1cc(C2CCNC2)ccn1.Cl. The Morgan fingerprint density at radius 3 is 3.07 bits per heavy atom. The lowest BCUT2D eigenvalue weighted by atomic mass is 10.00. The zero-order valence-electron chi connectivity index (χ0n) is 8.29. The van der Waals surface area contributed by atoms with Crippen LogP contribution in [0, 0.1) is 0 Å². The van der Waals surface area contributed by atoms with Gasteiger partial charge in [0.15, 0.2) is 0 Å². The number of nitrogens with one attached hydrogen (secondary N) is 2. The van der Waals surface area contributed by atoms with Gasteiger partial charge in [0.25, 0.3) is 0 Å². The van der Waals surface area contributed by atoms with Gasteiger partial charge in [0.05, 0.1) is 0 Å². The summed E-state index contributed by atoms with van der Waals surface area (Å²) in [6.07, 6.45) is 3.12. The van der Waals surface area contributed by atoms with E-state index in [2.05, 4.69) is 27.8 Å². The average Bonchev–Trinajstić information content (AvgIpc) is 2.71. The molecule has 0 aromatic carbocycles. The van der Waals surface area contributed by atoms with E-state index in [1.807, 2.05) is 13.2 Å². The van der Waals surface area contributed by atoms with Gasteiger partial charge in [0, 0.05) is 19.8 Å². The van der Waals surface area contributed by atoms with Crippen LogP contribution in [0.5, 0.6) is 0 Å². The summed E-state index contributed by atoms with van der Waals surface area (Å²) in [7, 11) is 1.90. The molecule has 4 heteroatoms. The van der Waals surface area contributed by atoms with Crippen LogP contribution in [0.15, 0.2) is 18.3 Å². The van der Waals surface area contributed by atoms with Crippen molar-refractivity contribution in [2.24, 2.45) is 0 Å². The monoisotopic (exact) mass is 213 g/mol. The molecule has 1 aliphatic heterocycles. The second-order valence-electron chi connectivity index (χ2n) is 3.41. The highest BCUT2D eigenvalue weighted by molar-refractivity contribution is 5.85. The lowest BCUT2D eigenvalue weighted by Crippen LogP contribution is -2.08. The van der Waals surface area contributed by atoms with Crippen molar-refractivity contribution >= 4 is 18.2 Å². The highest BCUT2D eigenvalue weighted by atomic mass is 35.5. The maximum absolute atomic E-state index is 4.20. The van der Waals surface area contributed by atoms with Crippen LogP contribution in [0.25, 0.3) is 0 Å². The summed E-state index contributed by atoms with van der Waals surface area (Å²) in [6.45, 7) is 2.25. The Bertz CT molecular complexity index is 284. The predicted molar refractivity (Wildman–Crippen MR) is 61.3 cm³/mol. The molecule has 0 saturated carbocycles. The van der Waals surface area contributed by atoms with E-state index in [0.29, 0.717) is 5.92 Å². The number of nitrogens with zero attached hydrogens (tertiary/aromatic N) is 1. The molecule has 0 radical (unpaired) electrons. The summed E-state index contributed by atoms with van der Waals surface area (Å²) in [5.74, 6) is 1.64. The third-order valence-corrected chi connectivity index (χ3v) is 2.57. The smallest absolute Gasteiger partial charge is 0.125 e. The van der Waals surface area contributed by atoms with Crippen LogP contribution in [0.2, 0.25) is 0 Å². The summed E-state index contributed by atoms with van der Waals surface area (Å²) in [5, 5.41) is 6.43. The Balaban J connectivity index is 0.000000980. The predicted octanol–water partition coefficient (Wildman–Crippen LogP) is 1.62. The van der Waals surface area contributed by atoms with E-state index in [0.717, 1.165) is 18.9 Å². The molecule has 2 rings (SSSR count). The summed E-state index contributed by atoms with van der Waals surface area (Å²) < 4.78 is 0. The number of aromatic nitrogens is 1. The van der Waals surface area contributed by atoms with E-state index in [1.165, 1.54) is 12.0 Å². The molecular weight excluding hydrogens is 198 g/mol. The van der Waals surface area contributed by atoms with E-state index in [9.17, 15) is 0 Å². The Kier molecular flexibility index (Phi) is 4.17. The standard InChI is InChI=1S/C10H15N3.ClH/c1-11-10-6-8(3-5-13-10)9-2-4-12-7-9;/h3,5-6,9,12H,2,4,7H2,1H3,(H,11,13);1H. The molecule has 0 bridgehead atoms. The van der Waals surface area contributed by atoms with Gasteiger partial charge in [-0.25, -0.2) is 4.98 Å². The molecule has 2 heterocycles. The summed E-state index contributed by atoms with van der Waals surface area (Å²) >= 11 is 0. The second kappa shape index (κ2) is 5.17. The molecule has 14 heavy (non-hydrogen) atoms. The number of hydrogen-bond donors (Lipinski definition) is 2. The van der Waals surface area contributed by atoms with Crippen molar-refractivity contribution in [2.45, 2.75) is 12.3 Å². The minimum absolute atomic E-state index is 0. The Labute approximate surface area is 90.7 Å².